The summed E-state index contributed by atoms with van der Waals surface area (Å²) < 4.78 is 5.74. The molecule has 1 aliphatic heterocycles. The monoisotopic (exact) mass is 298 g/mol. The molecule has 122 valence electrons. The van der Waals surface area contributed by atoms with Gasteiger partial charge in [-0.05, 0) is 46.0 Å². The highest BCUT2D eigenvalue weighted by Crippen LogP contribution is 2.33. The molecule has 2 N–H and O–H groups in total. The zero-order valence-electron chi connectivity index (χ0n) is 13.6. The number of hydrogen-bond acceptors (Lipinski definition) is 4. The molecule has 5 heteroatoms. The zero-order valence-corrected chi connectivity index (χ0v) is 13.6. The predicted molar refractivity (Wildman–Crippen MR) is 82.5 cm³/mol. The summed E-state index contributed by atoms with van der Waals surface area (Å²) in [5.41, 5.74) is -0.753. The Balaban J connectivity index is 2.06. The van der Waals surface area contributed by atoms with E-state index in [1.807, 2.05) is 13.8 Å². The first kappa shape index (κ1) is 16.7. The second-order valence-corrected chi connectivity index (χ2v) is 6.83. The molecule has 2 aliphatic rings. The lowest BCUT2D eigenvalue weighted by Crippen LogP contribution is -2.61. The van der Waals surface area contributed by atoms with Crippen LogP contribution in [0.1, 0.15) is 52.9 Å². The highest BCUT2D eigenvalue weighted by atomic mass is 16.5. The second-order valence-electron chi connectivity index (χ2n) is 6.83. The topological polar surface area (TPSA) is 61.8 Å². The maximum Gasteiger partial charge on any atom is 0.323 e. The average Bonchev–Trinajstić information content (AvgIpc) is 2.46. The summed E-state index contributed by atoms with van der Waals surface area (Å²) in [6, 6.07) is 0.548. The van der Waals surface area contributed by atoms with Crippen LogP contribution in [0.4, 0.5) is 0 Å². The standard InChI is InChI=1S/C16H30N2O3/c1-4-14-11-18(8-9-21-14)13-6-5-7-16(10-13,15(19)20)17-12(2)3/h12-14,17H,4-11H2,1-3H3,(H,19,20). The van der Waals surface area contributed by atoms with Gasteiger partial charge in [0.05, 0.1) is 12.7 Å². The van der Waals surface area contributed by atoms with Crippen molar-refractivity contribution < 1.29 is 14.6 Å². The van der Waals surface area contributed by atoms with Crippen molar-refractivity contribution >= 4 is 5.97 Å². The van der Waals surface area contributed by atoms with Crippen molar-refractivity contribution in [1.29, 1.82) is 0 Å². The first-order valence-corrected chi connectivity index (χ1v) is 8.33. The molecular formula is C16H30N2O3. The van der Waals surface area contributed by atoms with E-state index in [-0.39, 0.29) is 6.04 Å². The van der Waals surface area contributed by atoms with E-state index in [1.54, 1.807) is 0 Å². The fourth-order valence-corrected chi connectivity index (χ4v) is 3.82. The minimum absolute atomic E-state index is 0.188. The molecule has 3 atom stereocenters. The van der Waals surface area contributed by atoms with Gasteiger partial charge in [0.2, 0.25) is 0 Å². The molecule has 0 radical (unpaired) electrons. The lowest BCUT2D eigenvalue weighted by atomic mass is 9.77. The number of carboxylic acids is 1. The highest BCUT2D eigenvalue weighted by Gasteiger charge is 2.45. The first-order chi connectivity index (χ1) is 9.97. The number of carbonyl (C=O) groups is 1. The average molecular weight is 298 g/mol. The summed E-state index contributed by atoms with van der Waals surface area (Å²) in [6.45, 7) is 8.84. The van der Waals surface area contributed by atoms with Gasteiger partial charge < -0.3 is 9.84 Å². The molecule has 1 aliphatic carbocycles. The Hall–Kier alpha value is -0.650. The Bertz CT molecular complexity index is 361. The smallest absolute Gasteiger partial charge is 0.323 e. The molecule has 2 rings (SSSR count). The number of hydrogen-bond donors (Lipinski definition) is 2. The van der Waals surface area contributed by atoms with E-state index in [0.717, 1.165) is 45.4 Å². The van der Waals surface area contributed by atoms with E-state index in [0.29, 0.717) is 18.6 Å². The maximum atomic E-state index is 11.9. The van der Waals surface area contributed by atoms with Crippen LogP contribution in [-0.2, 0) is 9.53 Å². The normalized spacial score (nSPS) is 35.0. The lowest BCUT2D eigenvalue weighted by Gasteiger charge is -2.45. The minimum atomic E-state index is -0.753. The number of carboxylic acid groups (broad SMARTS) is 1. The fraction of sp³-hybridized carbons (Fsp3) is 0.938. The predicted octanol–water partition coefficient (Wildman–Crippen LogP) is 1.86. The minimum Gasteiger partial charge on any atom is -0.480 e. The molecule has 0 aromatic heterocycles. The third-order valence-electron chi connectivity index (χ3n) is 4.84. The Kier molecular flexibility index (Phi) is 5.63. The van der Waals surface area contributed by atoms with Crippen LogP contribution in [0.3, 0.4) is 0 Å². The summed E-state index contributed by atoms with van der Waals surface area (Å²) in [4.78, 5) is 14.3. The largest absolute Gasteiger partial charge is 0.480 e. The van der Waals surface area contributed by atoms with Gasteiger partial charge in [-0.1, -0.05) is 6.92 Å². The highest BCUT2D eigenvalue weighted by molar-refractivity contribution is 5.79. The Morgan fingerprint density at radius 2 is 2.29 bits per heavy atom. The van der Waals surface area contributed by atoms with Crippen molar-refractivity contribution in [1.82, 2.24) is 10.2 Å². The van der Waals surface area contributed by atoms with Crippen LogP contribution in [0.15, 0.2) is 0 Å². The Morgan fingerprint density at radius 3 is 2.90 bits per heavy atom. The summed E-state index contributed by atoms with van der Waals surface area (Å²) in [7, 11) is 0. The SMILES string of the molecule is CCC1CN(C2CCCC(NC(C)C)(C(=O)O)C2)CCO1. The van der Waals surface area contributed by atoms with Crippen LogP contribution < -0.4 is 5.32 Å². The van der Waals surface area contributed by atoms with Gasteiger partial charge in [-0.25, -0.2) is 0 Å². The van der Waals surface area contributed by atoms with Gasteiger partial charge in [0.1, 0.15) is 5.54 Å². The summed E-state index contributed by atoms with van der Waals surface area (Å²) in [6.07, 6.45) is 4.85. The molecule has 1 heterocycles. The van der Waals surface area contributed by atoms with E-state index in [4.69, 9.17) is 4.74 Å². The quantitative estimate of drug-likeness (QED) is 0.811. The van der Waals surface area contributed by atoms with Gasteiger partial charge in [0, 0.05) is 25.2 Å². The molecule has 0 aromatic carbocycles. The molecule has 21 heavy (non-hydrogen) atoms. The number of rotatable bonds is 5. The van der Waals surface area contributed by atoms with Crippen molar-refractivity contribution in [3.63, 3.8) is 0 Å². The molecule has 1 saturated carbocycles. The summed E-state index contributed by atoms with van der Waals surface area (Å²) in [5, 5.41) is 13.1. The Labute approximate surface area is 128 Å². The van der Waals surface area contributed by atoms with E-state index >= 15 is 0 Å². The van der Waals surface area contributed by atoms with Crippen molar-refractivity contribution in [2.75, 3.05) is 19.7 Å². The molecule has 1 saturated heterocycles. The molecule has 2 fully saturated rings. The third kappa shape index (κ3) is 3.96. The maximum absolute atomic E-state index is 11.9. The molecule has 0 spiro atoms. The van der Waals surface area contributed by atoms with E-state index in [2.05, 4.69) is 17.1 Å². The van der Waals surface area contributed by atoms with E-state index in [9.17, 15) is 9.90 Å². The zero-order chi connectivity index (χ0) is 15.5. The molecule has 5 nitrogen and oxygen atoms in total. The number of morpholine rings is 1. The molecular weight excluding hydrogens is 268 g/mol. The van der Waals surface area contributed by atoms with Crippen molar-refractivity contribution in [2.45, 2.75) is 76.6 Å². The van der Waals surface area contributed by atoms with Crippen LogP contribution in [0, 0.1) is 0 Å². The van der Waals surface area contributed by atoms with Crippen molar-refractivity contribution in [3.8, 4) is 0 Å². The molecule has 3 unspecified atom stereocenters. The summed E-state index contributed by atoms with van der Waals surface area (Å²) >= 11 is 0. The molecule has 0 amide bonds. The van der Waals surface area contributed by atoms with E-state index in [1.165, 1.54) is 0 Å². The van der Waals surface area contributed by atoms with Gasteiger partial charge in [-0.15, -0.1) is 0 Å². The van der Waals surface area contributed by atoms with Crippen molar-refractivity contribution in [3.05, 3.63) is 0 Å². The van der Waals surface area contributed by atoms with Crippen LogP contribution in [0.2, 0.25) is 0 Å². The van der Waals surface area contributed by atoms with E-state index < -0.39 is 11.5 Å². The number of aliphatic carboxylic acids is 1. The van der Waals surface area contributed by atoms with Gasteiger partial charge in [-0.3, -0.25) is 15.0 Å². The van der Waals surface area contributed by atoms with Gasteiger partial charge in [0.15, 0.2) is 0 Å². The molecule has 0 bridgehead atoms. The van der Waals surface area contributed by atoms with Gasteiger partial charge in [-0.2, -0.15) is 0 Å². The fourth-order valence-electron chi connectivity index (χ4n) is 3.82. The van der Waals surface area contributed by atoms with Crippen molar-refractivity contribution in [2.24, 2.45) is 0 Å². The second kappa shape index (κ2) is 7.07. The number of ether oxygens (including phenoxy) is 1. The van der Waals surface area contributed by atoms with Gasteiger partial charge in [0.25, 0.3) is 0 Å². The van der Waals surface area contributed by atoms with Crippen LogP contribution in [0.5, 0.6) is 0 Å². The number of nitrogens with one attached hydrogen (secondary N) is 1. The number of nitrogens with zero attached hydrogens (tertiary/aromatic N) is 1. The van der Waals surface area contributed by atoms with Crippen LogP contribution in [-0.4, -0.2) is 59.4 Å². The van der Waals surface area contributed by atoms with Gasteiger partial charge >= 0.3 is 5.97 Å². The third-order valence-corrected chi connectivity index (χ3v) is 4.84. The molecule has 0 aromatic rings. The first-order valence-electron chi connectivity index (χ1n) is 8.33. The lowest BCUT2D eigenvalue weighted by molar-refractivity contribution is -0.148. The Morgan fingerprint density at radius 1 is 1.52 bits per heavy atom. The van der Waals surface area contributed by atoms with Crippen LogP contribution >= 0.6 is 0 Å². The van der Waals surface area contributed by atoms with Crippen LogP contribution in [0.25, 0.3) is 0 Å². The summed E-state index contributed by atoms with van der Waals surface area (Å²) in [5.74, 6) is -0.693.